The summed E-state index contributed by atoms with van der Waals surface area (Å²) in [5.41, 5.74) is 13.7. The van der Waals surface area contributed by atoms with Crippen LogP contribution in [0.1, 0.15) is 162 Å². The number of amides is 2. The van der Waals surface area contributed by atoms with Crippen molar-refractivity contribution in [1.29, 1.82) is 15.8 Å². The van der Waals surface area contributed by atoms with Gasteiger partial charge in [-0.3, -0.25) is 0 Å². The van der Waals surface area contributed by atoms with Crippen LogP contribution in [0, 0.1) is 34.0 Å². The number of carbonyl (C=O) groups is 1. The third kappa shape index (κ3) is 15.6. The maximum atomic E-state index is 12.8. The number of hydrogen-bond donors (Lipinski definition) is 3. The molecule has 0 bridgehead atoms. The molecule has 21 heteroatoms. The van der Waals surface area contributed by atoms with Gasteiger partial charge in [0.1, 0.15) is 35.5 Å². The van der Waals surface area contributed by atoms with Crippen LogP contribution < -0.4 is 30.2 Å². The van der Waals surface area contributed by atoms with Crippen molar-refractivity contribution in [2.45, 2.75) is 156 Å². The van der Waals surface area contributed by atoms with Crippen LogP contribution >= 0.6 is 0 Å². The van der Waals surface area contributed by atoms with Crippen molar-refractivity contribution in [3.8, 4) is 104 Å². The van der Waals surface area contributed by atoms with Crippen LogP contribution in [0.3, 0.4) is 0 Å². The summed E-state index contributed by atoms with van der Waals surface area (Å²) in [6.45, 7) is 19.0. The Balaban J connectivity index is 0.000000147. The van der Waals surface area contributed by atoms with E-state index in [0.29, 0.717) is 111 Å². The molecule has 9 aromatic rings. The number of nitrogens with zero attached hydrogens (tertiary/aromatic N) is 10. The van der Waals surface area contributed by atoms with Gasteiger partial charge in [0.15, 0.2) is 0 Å². The number of ether oxygens (including phenoxy) is 4. The third-order valence-corrected chi connectivity index (χ3v) is 17.1. The highest BCUT2D eigenvalue weighted by atomic mass is 16.5. The summed E-state index contributed by atoms with van der Waals surface area (Å²) in [5, 5.41) is 51.6. The van der Waals surface area contributed by atoms with E-state index in [9.17, 15) is 20.6 Å². The lowest BCUT2D eigenvalue weighted by molar-refractivity contribution is 0.182. The minimum Gasteiger partial charge on any atom is -0.490 e. The number of piperidine rings is 1. The molecule has 13 rings (SSSR count). The highest BCUT2D eigenvalue weighted by Gasteiger charge is 2.32. The van der Waals surface area contributed by atoms with Gasteiger partial charge in [-0.25, -0.2) is 4.79 Å². The molecule has 6 aromatic carbocycles. The number of hydrogen-bond acceptors (Lipinski definition) is 19. The summed E-state index contributed by atoms with van der Waals surface area (Å²) in [4.78, 5) is 28.6. The zero-order valence-corrected chi connectivity index (χ0v) is 55.9. The summed E-state index contributed by atoms with van der Waals surface area (Å²) in [6.07, 6.45) is 9.01. The summed E-state index contributed by atoms with van der Waals surface area (Å²) >= 11 is 0. The molecule has 1 saturated heterocycles. The second kappa shape index (κ2) is 30.9. The number of carbonyl (C=O) groups excluding carboxylic acids is 1. The van der Waals surface area contributed by atoms with Crippen LogP contribution in [-0.2, 0) is 24.0 Å². The maximum absolute atomic E-state index is 12.8. The molecule has 3 atom stereocenters. The summed E-state index contributed by atoms with van der Waals surface area (Å²) in [7, 11) is 1.71. The fourth-order valence-electron chi connectivity index (χ4n) is 12.9. The molecular weight excluding hydrogens is 1210 g/mol. The highest BCUT2D eigenvalue weighted by Crippen LogP contribution is 2.42. The molecule has 2 amide bonds. The van der Waals surface area contributed by atoms with Gasteiger partial charge >= 0.3 is 6.03 Å². The lowest BCUT2D eigenvalue weighted by Crippen LogP contribution is -2.43. The molecule has 4 heterocycles. The van der Waals surface area contributed by atoms with Crippen LogP contribution in [0.4, 0.5) is 4.79 Å². The van der Waals surface area contributed by atoms with E-state index in [4.69, 9.17) is 32.5 Å². The Morgan fingerprint density at radius 2 is 0.917 bits per heavy atom. The van der Waals surface area contributed by atoms with Crippen LogP contribution in [0.5, 0.6) is 17.2 Å². The van der Waals surface area contributed by atoms with Gasteiger partial charge in [0.2, 0.25) is 17.5 Å². The summed E-state index contributed by atoms with van der Waals surface area (Å²) in [6, 6.07) is 42.1. The van der Waals surface area contributed by atoms with Crippen LogP contribution in [0.2, 0.25) is 0 Å². The van der Waals surface area contributed by atoms with E-state index < -0.39 is 0 Å². The predicted molar refractivity (Wildman–Crippen MR) is 362 cm³/mol. The second-order valence-electron chi connectivity index (χ2n) is 25.4. The maximum Gasteiger partial charge on any atom is 0.317 e. The minimum atomic E-state index is -0.0309. The van der Waals surface area contributed by atoms with Crippen molar-refractivity contribution in [1.82, 2.24) is 51.3 Å². The highest BCUT2D eigenvalue weighted by molar-refractivity contribution is 5.76. The first-order valence-electron chi connectivity index (χ1n) is 33.1. The van der Waals surface area contributed by atoms with Crippen LogP contribution in [0.15, 0.2) is 123 Å². The average molecular weight is 1290 g/mol. The largest absolute Gasteiger partial charge is 0.490 e. The Bertz CT molecular complexity index is 4330. The van der Waals surface area contributed by atoms with E-state index in [1.165, 1.54) is 28.7 Å². The van der Waals surface area contributed by atoms with Gasteiger partial charge in [-0.1, -0.05) is 83.9 Å². The number of aromatic nitrogens is 6. The first-order chi connectivity index (χ1) is 46.6. The number of urea groups is 1. The van der Waals surface area contributed by atoms with Crippen LogP contribution in [0.25, 0.3) is 68.5 Å². The van der Waals surface area contributed by atoms with E-state index in [2.05, 4.69) is 103 Å². The Kier molecular flexibility index (Phi) is 21.6. The van der Waals surface area contributed by atoms with E-state index >= 15 is 0 Å². The molecule has 4 aliphatic rings. The fraction of sp³-hybridized carbons (Fsp3) is 0.387. The van der Waals surface area contributed by atoms with Gasteiger partial charge in [0, 0.05) is 78.3 Å². The van der Waals surface area contributed by atoms with E-state index in [0.717, 1.165) is 98.8 Å². The molecule has 3 aromatic heterocycles. The Morgan fingerprint density at radius 3 is 1.30 bits per heavy atom. The lowest BCUT2D eigenvalue weighted by atomic mass is 10.0. The van der Waals surface area contributed by atoms with Crippen molar-refractivity contribution < 1.29 is 37.3 Å². The van der Waals surface area contributed by atoms with Gasteiger partial charge in [0.25, 0.3) is 17.7 Å². The molecule has 1 fully saturated rings. The average Bonchev–Trinajstić information content (AvgIpc) is 1.65. The van der Waals surface area contributed by atoms with Gasteiger partial charge in [-0.05, 0) is 187 Å². The molecule has 3 N–H and O–H groups in total. The van der Waals surface area contributed by atoms with Gasteiger partial charge in [-0.15, -0.1) is 0 Å². The molecule has 494 valence electrons. The number of likely N-dealkylation sites (tertiary alicyclic amines) is 1. The normalized spacial score (nSPS) is 16.0. The number of benzene rings is 6. The molecule has 0 radical (unpaired) electrons. The smallest absolute Gasteiger partial charge is 0.317 e. The van der Waals surface area contributed by atoms with Crippen LogP contribution in [-0.4, -0.2) is 99.1 Å². The predicted octanol–water partition coefficient (Wildman–Crippen LogP) is 14.6. The number of nitrogens with one attached hydrogen (secondary N) is 3. The molecule has 0 unspecified atom stereocenters. The van der Waals surface area contributed by atoms with Crippen molar-refractivity contribution in [2.75, 3.05) is 33.4 Å². The summed E-state index contributed by atoms with van der Waals surface area (Å²) in [5.74, 6) is 4.40. The zero-order chi connectivity index (χ0) is 67.4. The van der Waals surface area contributed by atoms with E-state index in [-0.39, 0.29) is 30.4 Å². The number of methoxy groups -OCH3 is 1. The molecule has 1 aliphatic heterocycles. The van der Waals surface area contributed by atoms with Gasteiger partial charge in [-0.2, -0.15) is 30.7 Å². The van der Waals surface area contributed by atoms with E-state index in [1.807, 2.05) is 95.0 Å². The zero-order valence-electron chi connectivity index (χ0n) is 55.9. The number of fused-ring (bicyclic) bond motifs is 3. The Labute approximate surface area is 560 Å². The van der Waals surface area contributed by atoms with Gasteiger partial charge < -0.3 is 53.4 Å². The molecular formula is C75H81N13O8. The number of rotatable bonds is 19. The molecule has 96 heavy (non-hydrogen) atoms. The monoisotopic (exact) mass is 1290 g/mol. The minimum absolute atomic E-state index is 0.00727. The van der Waals surface area contributed by atoms with Crippen molar-refractivity contribution >= 4 is 6.03 Å². The van der Waals surface area contributed by atoms with Crippen molar-refractivity contribution in [3.63, 3.8) is 0 Å². The molecule has 0 saturated carbocycles. The Morgan fingerprint density at radius 1 is 0.531 bits per heavy atom. The lowest BCUT2D eigenvalue weighted by Gasteiger charge is -2.28. The molecule has 3 aliphatic carbocycles. The second-order valence-corrected chi connectivity index (χ2v) is 25.4. The quantitative estimate of drug-likeness (QED) is 0.0634. The topological polar surface area (TPSA) is 281 Å². The molecule has 0 spiro atoms. The summed E-state index contributed by atoms with van der Waals surface area (Å²) < 4.78 is 38.9. The first-order valence-corrected chi connectivity index (χ1v) is 33.1. The van der Waals surface area contributed by atoms with E-state index in [1.54, 1.807) is 43.5 Å². The van der Waals surface area contributed by atoms with Crippen molar-refractivity contribution in [2.24, 2.45) is 0 Å². The van der Waals surface area contributed by atoms with Gasteiger partial charge in [0.05, 0.1) is 47.7 Å². The SMILES string of the molecule is CC(C)N[C@H]1CCc2c(-c3noc(-c4ccc(OC(C)C)c(C#N)c4)n3)cccc21.CC(C)Oc1ccc(-c2nc(-c3cccc4c3CC[C@@H]4NC(=O)N3CCCCC3)no2)cc1C#N.COCCN[C@H]1CCc2c(-c3noc(-c4ccc(OC(C)C)c(C#N)c4)n3)cccc21. The van der Waals surface area contributed by atoms with Crippen molar-refractivity contribution in [3.05, 3.63) is 159 Å². The first kappa shape index (κ1) is 67.2. The standard InChI is InChI=1S/C27H29N5O3.C24H26N4O3.C24H26N4O2/c1-17(2)34-24-12-9-18(15-19(24)16-28)26-30-25(31-35-26)22-8-6-7-21-20(22)10-11-23(21)29-27(33)32-13-4-3-5-14-32;1-15(2)30-22-10-7-16(13-17(22)14-25)24-27-23(28-31-24)20-6-4-5-19-18(20)8-9-21(19)26-11-12-29-3;1-14(2)26-21-10-9-18-19(21)6-5-7-20(18)23-27-24(30-28-23)16-8-11-22(29-15(3)4)17(12-16)13-25/h6-9,12,15,17,23H,3-5,10-11,13-14H2,1-2H3,(H,29,33);4-7,10,13,15,21,26H,8-9,11-12H2,1-3H3;5-8,11-12,14-15,21,26H,9-10H2,1-4H3/t23-;2*21-/m000/s1. The number of nitriles is 3. The molecule has 21 nitrogen and oxygen atoms in total. The fourth-order valence-corrected chi connectivity index (χ4v) is 12.9. The third-order valence-electron chi connectivity index (χ3n) is 17.1. The Hall–Kier alpha value is -10.2.